The number of nitrogens with one attached hydrogen (secondary N) is 2. The van der Waals surface area contributed by atoms with Gasteiger partial charge in [0.1, 0.15) is 30.7 Å². The third-order valence-corrected chi connectivity index (χ3v) is 7.37. The molecule has 1 aliphatic rings. The van der Waals surface area contributed by atoms with Gasteiger partial charge < -0.3 is 40.2 Å². The number of hydrogen-bond donors (Lipinski definition) is 5. The normalized spacial score (nSPS) is 21.4. The summed E-state index contributed by atoms with van der Waals surface area (Å²) in [7, 11) is 0. The van der Waals surface area contributed by atoms with E-state index in [9.17, 15) is 29.7 Å². The molecule has 0 spiro atoms. The summed E-state index contributed by atoms with van der Waals surface area (Å²) in [6.07, 6.45) is -1.25. The van der Waals surface area contributed by atoms with Gasteiger partial charge in [0.25, 0.3) is 5.91 Å². The number of hydrogen-bond acceptors (Lipinski definition) is 9. The monoisotopic (exact) mass is 614 g/mol. The summed E-state index contributed by atoms with van der Waals surface area (Å²) < 4.78 is 16.4. The van der Waals surface area contributed by atoms with Crippen LogP contribution in [0.3, 0.4) is 0 Å². The van der Waals surface area contributed by atoms with Gasteiger partial charge in [-0.15, -0.1) is 0 Å². The molecule has 5 N–H and O–H groups in total. The summed E-state index contributed by atoms with van der Waals surface area (Å²) in [6, 6.07) is 14.8. The average molecular weight is 615 g/mol. The summed E-state index contributed by atoms with van der Waals surface area (Å²) in [6.45, 7) is 4.76. The van der Waals surface area contributed by atoms with Crippen LogP contribution in [0.25, 0.3) is 11.1 Å². The van der Waals surface area contributed by atoms with E-state index in [-0.39, 0.29) is 43.7 Å². The molecule has 0 radical (unpaired) electrons. The van der Waals surface area contributed by atoms with E-state index >= 15 is 0 Å². The molecule has 0 saturated carbocycles. The van der Waals surface area contributed by atoms with Crippen LogP contribution in [0, 0.1) is 0 Å². The second-order valence-electron chi connectivity index (χ2n) is 11.0. The third-order valence-electron chi connectivity index (χ3n) is 7.37. The second kappa shape index (κ2) is 18.5. The fourth-order valence-electron chi connectivity index (χ4n) is 4.68. The summed E-state index contributed by atoms with van der Waals surface area (Å²) >= 11 is 0. The number of ketones is 1. The van der Waals surface area contributed by atoms with Gasteiger partial charge in [-0.1, -0.05) is 44.0 Å². The van der Waals surface area contributed by atoms with Crippen LogP contribution >= 0.6 is 0 Å². The molecule has 2 aromatic rings. The van der Waals surface area contributed by atoms with Gasteiger partial charge in [0.05, 0.1) is 12.7 Å². The van der Waals surface area contributed by atoms with Gasteiger partial charge >= 0.3 is 0 Å². The van der Waals surface area contributed by atoms with Crippen LogP contribution in [0.5, 0.6) is 5.75 Å². The van der Waals surface area contributed by atoms with Crippen LogP contribution in [0.1, 0.15) is 69.2 Å². The molecule has 0 aliphatic carbocycles. The van der Waals surface area contributed by atoms with E-state index in [1.165, 1.54) is 0 Å². The number of amides is 2. The molecule has 11 nitrogen and oxygen atoms in total. The Hall–Kier alpha value is -3.35. The van der Waals surface area contributed by atoms with E-state index in [0.717, 1.165) is 30.4 Å². The molecule has 2 amide bonds. The van der Waals surface area contributed by atoms with E-state index in [1.807, 2.05) is 30.3 Å². The average Bonchev–Trinajstić information content (AvgIpc) is 3.04. The highest BCUT2D eigenvalue weighted by Gasteiger charge is 2.42. The highest BCUT2D eigenvalue weighted by molar-refractivity contribution is 5.95. The van der Waals surface area contributed by atoms with Crippen LogP contribution in [0.2, 0.25) is 0 Å². The van der Waals surface area contributed by atoms with Crippen LogP contribution < -0.4 is 15.4 Å². The number of ether oxygens (including phenoxy) is 3. The third kappa shape index (κ3) is 11.3. The molecule has 0 bridgehead atoms. The van der Waals surface area contributed by atoms with Crippen molar-refractivity contribution in [2.24, 2.45) is 0 Å². The van der Waals surface area contributed by atoms with Crippen molar-refractivity contribution in [3.63, 3.8) is 0 Å². The largest absolute Gasteiger partial charge is 0.486 e. The van der Waals surface area contributed by atoms with Crippen molar-refractivity contribution < 1.29 is 43.9 Å². The predicted molar refractivity (Wildman–Crippen MR) is 164 cm³/mol. The minimum absolute atomic E-state index is 0.0717. The second-order valence-corrected chi connectivity index (χ2v) is 11.0. The van der Waals surface area contributed by atoms with Gasteiger partial charge in [-0.3, -0.25) is 14.4 Å². The zero-order chi connectivity index (χ0) is 31.9. The molecular formula is C33H46N2O9. The Morgan fingerprint density at radius 3 is 2.34 bits per heavy atom. The molecule has 3 rings (SSSR count). The van der Waals surface area contributed by atoms with Gasteiger partial charge in [0.2, 0.25) is 5.91 Å². The predicted octanol–water partition coefficient (Wildman–Crippen LogP) is 2.74. The first kappa shape index (κ1) is 35.1. The van der Waals surface area contributed by atoms with Gasteiger partial charge in [-0.2, -0.15) is 0 Å². The maximum Gasteiger partial charge on any atom is 0.251 e. The molecule has 2 aromatic carbocycles. The first-order chi connectivity index (χ1) is 21.2. The van der Waals surface area contributed by atoms with E-state index in [0.29, 0.717) is 37.2 Å². The first-order valence-corrected chi connectivity index (χ1v) is 15.4. The lowest BCUT2D eigenvalue weighted by Gasteiger charge is -2.38. The summed E-state index contributed by atoms with van der Waals surface area (Å²) in [4.78, 5) is 36.8. The number of carbonyl (C=O) groups excluding carboxylic acids is 3. The topological polar surface area (TPSA) is 164 Å². The molecule has 44 heavy (non-hydrogen) atoms. The van der Waals surface area contributed by atoms with Crippen molar-refractivity contribution in [3.05, 3.63) is 54.1 Å². The minimum Gasteiger partial charge on any atom is -0.486 e. The van der Waals surface area contributed by atoms with Crippen molar-refractivity contribution >= 4 is 17.6 Å². The molecular weight excluding hydrogens is 568 g/mol. The Bertz CT molecular complexity index is 1190. The van der Waals surface area contributed by atoms with Crippen molar-refractivity contribution in [1.29, 1.82) is 0 Å². The smallest absolute Gasteiger partial charge is 0.251 e. The lowest BCUT2D eigenvalue weighted by atomic mass is 10.0. The zero-order valence-corrected chi connectivity index (χ0v) is 25.6. The minimum atomic E-state index is -1.38. The lowest BCUT2D eigenvalue weighted by Crippen LogP contribution is -2.57. The quantitative estimate of drug-likeness (QED) is 0.159. The number of benzene rings is 2. The van der Waals surface area contributed by atoms with Crippen molar-refractivity contribution in [2.45, 2.75) is 89.5 Å². The summed E-state index contributed by atoms with van der Waals surface area (Å²) in [5, 5.41) is 35.2. The maximum atomic E-state index is 12.4. The van der Waals surface area contributed by atoms with Gasteiger partial charge in [-0.05, 0) is 61.6 Å². The van der Waals surface area contributed by atoms with Crippen LogP contribution in [-0.2, 0) is 19.1 Å². The number of Topliss-reactive ketones (excluding diaryl/α,β-unsaturated/α-hetero) is 1. The molecule has 11 heteroatoms. The van der Waals surface area contributed by atoms with Gasteiger partial charge in [-0.25, -0.2) is 0 Å². The molecule has 1 saturated heterocycles. The molecule has 1 heterocycles. The zero-order valence-electron chi connectivity index (χ0n) is 25.6. The Balaban J connectivity index is 1.28. The number of carbonyl (C=O) groups is 3. The number of unbranched alkanes of at least 4 members (excludes halogenated alkanes) is 2. The highest BCUT2D eigenvalue weighted by atomic mass is 16.7. The van der Waals surface area contributed by atoms with E-state index < -0.39 is 30.7 Å². The fraction of sp³-hybridized carbons (Fsp3) is 0.545. The highest BCUT2D eigenvalue weighted by Crippen LogP contribution is 2.24. The molecule has 242 valence electrons. The number of rotatable bonds is 18. The fourth-order valence-corrected chi connectivity index (χ4v) is 4.68. The Labute approximate surface area is 258 Å². The first-order valence-electron chi connectivity index (χ1n) is 15.4. The molecule has 1 aliphatic heterocycles. The molecule has 5 atom stereocenters. The summed E-state index contributed by atoms with van der Waals surface area (Å²) in [5.74, 6) is 0.206. The van der Waals surface area contributed by atoms with Crippen LogP contribution in [-0.4, -0.2) is 89.9 Å². The van der Waals surface area contributed by atoms with Gasteiger partial charge in [0.15, 0.2) is 12.1 Å². The van der Waals surface area contributed by atoms with E-state index in [1.54, 1.807) is 25.1 Å². The van der Waals surface area contributed by atoms with Crippen LogP contribution in [0.4, 0.5) is 0 Å². The Morgan fingerprint density at radius 2 is 1.59 bits per heavy atom. The Kier molecular flexibility index (Phi) is 14.7. The van der Waals surface area contributed by atoms with Crippen LogP contribution in [0.15, 0.2) is 48.5 Å². The summed E-state index contributed by atoms with van der Waals surface area (Å²) in [5.41, 5.74) is 2.45. The van der Waals surface area contributed by atoms with Crippen molar-refractivity contribution in [1.82, 2.24) is 10.6 Å². The molecule has 0 aromatic heterocycles. The Morgan fingerprint density at radius 1 is 0.841 bits per heavy atom. The molecule has 1 fully saturated rings. The van der Waals surface area contributed by atoms with Crippen molar-refractivity contribution in [3.8, 4) is 16.9 Å². The van der Waals surface area contributed by atoms with Crippen molar-refractivity contribution in [2.75, 3.05) is 26.3 Å². The number of aliphatic hydroxyl groups excluding tert-OH is 3. The lowest BCUT2D eigenvalue weighted by molar-refractivity contribution is -0.293. The molecule has 2 unspecified atom stereocenters. The van der Waals surface area contributed by atoms with E-state index in [4.69, 9.17) is 14.2 Å². The van der Waals surface area contributed by atoms with Gasteiger partial charge in [0, 0.05) is 31.5 Å². The SMILES string of the molecule is CCCCCNC(=O)c1cccc(-c2ccc(OCC(=O)CCCNC(=O)CCCOC3O[C@@H](C)[C@H](O)C(O)[C@@H]3O)cc2)c1. The number of aliphatic hydroxyl groups is 3. The maximum absolute atomic E-state index is 12.4. The van der Waals surface area contributed by atoms with E-state index in [2.05, 4.69) is 17.6 Å². The standard InChI is InChI=1S/C33H46N2O9/c1-3-4-5-17-35-32(41)25-10-6-9-24(20-25)23-13-15-27(16-14-23)43-21-26(36)11-7-18-34-28(37)12-8-19-42-33-31(40)30(39)29(38)22(2)44-33/h6,9-10,13-16,20,22,29-31,33,38-40H,3-5,7-8,11-12,17-19,21H2,1-2H3,(H,34,37)(H,35,41)/t22-,29-,30?,31-,33?/m0/s1.